The van der Waals surface area contributed by atoms with Gasteiger partial charge in [0, 0.05) is 16.6 Å². The molecule has 0 radical (unpaired) electrons. The van der Waals surface area contributed by atoms with E-state index < -0.39 is 18.5 Å². The summed E-state index contributed by atoms with van der Waals surface area (Å²) in [5.74, 6) is -1.10. The van der Waals surface area contributed by atoms with Crippen LogP contribution in [0.25, 0.3) is 0 Å². The molecule has 0 saturated heterocycles. The number of nitrogens with one attached hydrogen (secondary N) is 1. The van der Waals surface area contributed by atoms with E-state index in [9.17, 15) is 9.59 Å². The fraction of sp³-hybridized carbons (Fsp3) is 0.176. The van der Waals surface area contributed by atoms with E-state index in [4.69, 9.17) is 39.5 Å². The summed E-state index contributed by atoms with van der Waals surface area (Å²) >= 11 is 17.6. The second-order valence-corrected chi connectivity index (χ2v) is 6.21. The molecule has 2 aromatic carbocycles. The lowest BCUT2D eigenvalue weighted by Crippen LogP contribution is -2.30. The van der Waals surface area contributed by atoms with Gasteiger partial charge in [-0.05, 0) is 42.3 Å². The minimum absolute atomic E-state index is 0.121. The molecule has 2 rings (SSSR count). The van der Waals surface area contributed by atoms with Crippen molar-refractivity contribution >= 4 is 46.7 Å². The lowest BCUT2D eigenvalue weighted by Gasteiger charge is -2.08. The van der Waals surface area contributed by atoms with Crippen LogP contribution in [0.15, 0.2) is 42.5 Å². The molecule has 4 nitrogen and oxygen atoms in total. The third-order valence-electron chi connectivity index (χ3n) is 3.11. The highest BCUT2D eigenvalue weighted by Gasteiger charge is 2.14. The number of ether oxygens (including phenoxy) is 1. The second kappa shape index (κ2) is 8.92. The Morgan fingerprint density at radius 3 is 2.50 bits per heavy atom. The number of rotatable bonds is 6. The third kappa shape index (κ3) is 5.71. The van der Waals surface area contributed by atoms with Crippen LogP contribution in [0.1, 0.15) is 15.9 Å². The van der Waals surface area contributed by atoms with Crippen molar-refractivity contribution < 1.29 is 14.3 Å². The van der Waals surface area contributed by atoms with E-state index in [1.165, 1.54) is 12.1 Å². The highest BCUT2D eigenvalue weighted by Crippen LogP contribution is 2.21. The van der Waals surface area contributed by atoms with Gasteiger partial charge in [0.05, 0.1) is 10.6 Å². The van der Waals surface area contributed by atoms with Gasteiger partial charge in [-0.2, -0.15) is 0 Å². The standard InChI is InChI=1S/C17H14Cl3NO3/c18-12-3-1-2-11(8-12)6-7-21-16(22)10-24-17(23)14-9-13(19)4-5-15(14)20/h1-5,8-9H,6-7,10H2,(H,21,22). The maximum absolute atomic E-state index is 11.9. The zero-order valence-corrected chi connectivity index (χ0v) is 14.8. The molecule has 0 atom stereocenters. The minimum Gasteiger partial charge on any atom is -0.452 e. The van der Waals surface area contributed by atoms with Crippen LogP contribution >= 0.6 is 34.8 Å². The molecule has 0 saturated carbocycles. The van der Waals surface area contributed by atoms with Gasteiger partial charge in [0.15, 0.2) is 6.61 Å². The van der Waals surface area contributed by atoms with Crippen molar-refractivity contribution in [2.45, 2.75) is 6.42 Å². The maximum Gasteiger partial charge on any atom is 0.340 e. The largest absolute Gasteiger partial charge is 0.452 e. The predicted molar refractivity (Wildman–Crippen MR) is 94.9 cm³/mol. The lowest BCUT2D eigenvalue weighted by atomic mass is 10.1. The Bertz CT molecular complexity index is 750. The van der Waals surface area contributed by atoms with E-state index in [0.29, 0.717) is 23.0 Å². The molecule has 24 heavy (non-hydrogen) atoms. The highest BCUT2D eigenvalue weighted by molar-refractivity contribution is 6.35. The molecule has 0 fully saturated rings. The molecular weight excluding hydrogens is 373 g/mol. The SMILES string of the molecule is O=C(COC(=O)c1cc(Cl)ccc1Cl)NCCc1cccc(Cl)c1. The quantitative estimate of drug-likeness (QED) is 0.758. The van der Waals surface area contributed by atoms with Crippen molar-refractivity contribution in [3.05, 3.63) is 68.7 Å². The molecule has 0 unspecified atom stereocenters. The molecule has 0 aliphatic rings. The number of carbonyl (C=O) groups is 2. The van der Waals surface area contributed by atoms with Crippen molar-refractivity contribution in [1.29, 1.82) is 0 Å². The summed E-state index contributed by atoms with van der Waals surface area (Å²) in [6, 6.07) is 11.8. The molecule has 0 heterocycles. The summed E-state index contributed by atoms with van der Waals surface area (Å²) in [5.41, 5.74) is 1.13. The maximum atomic E-state index is 11.9. The average Bonchev–Trinajstić information content (AvgIpc) is 2.55. The molecule has 0 aliphatic heterocycles. The lowest BCUT2D eigenvalue weighted by molar-refractivity contribution is -0.124. The molecule has 7 heteroatoms. The highest BCUT2D eigenvalue weighted by atomic mass is 35.5. The van der Waals surface area contributed by atoms with E-state index in [1.807, 2.05) is 18.2 Å². The Hall–Kier alpha value is -1.75. The Morgan fingerprint density at radius 1 is 1.00 bits per heavy atom. The molecule has 2 aromatic rings. The predicted octanol–water partition coefficient (Wildman–Crippen LogP) is 4.16. The summed E-state index contributed by atoms with van der Waals surface area (Å²) in [4.78, 5) is 23.6. The molecule has 1 amide bonds. The van der Waals surface area contributed by atoms with Gasteiger partial charge in [-0.1, -0.05) is 46.9 Å². The average molecular weight is 387 g/mol. The van der Waals surface area contributed by atoms with Crippen LogP contribution in [0.4, 0.5) is 0 Å². The van der Waals surface area contributed by atoms with Crippen molar-refractivity contribution in [1.82, 2.24) is 5.32 Å². The molecule has 0 spiro atoms. The Balaban J connectivity index is 1.76. The van der Waals surface area contributed by atoms with Gasteiger partial charge in [-0.25, -0.2) is 4.79 Å². The summed E-state index contributed by atoms with van der Waals surface area (Å²) in [5, 5.41) is 3.88. The minimum atomic E-state index is -0.701. The van der Waals surface area contributed by atoms with Gasteiger partial charge in [-0.3, -0.25) is 4.79 Å². The number of benzene rings is 2. The first-order chi connectivity index (χ1) is 11.5. The zero-order valence-electron chi connectivity index (χ0n) is 12.5. The van der Waals surface area contributed by atoms with E-state index in [1.54, 1.807) is 12.1 Å². The van der Waals surface area contributed by atoms with Gasteiger partial charge >= 0.3 is 5.97 Å². The van der Waals surface area contributed by atoms with Crippen LogP contribution < -0.4 is 5.32 Å². The third-order valence-corrected chi connectivity index (χ3v) is 3.91. The van der Waals surface area contributed by atoms with Gasteiger partial charge in [0.25, 0.3) is 5.91 Å². The Morgan fingerprint density at radius 2 is 1.75 bits per heavy atom. The first-order valence-corrected chi connectivity index (χ1v) is 8.22. The second-order valence-electron chi connectivity index (χ2n) is 4.93. The molecular formula is C17H14Cl3NO3. The number of esters is 1. The van der Waals surface area contributed by atoms with Gasteiger partial charge in [-0.15, -0.1) is 0 Å². The molecule has 126 valence electrons. The first-order valence-electron chi connectivity index (χ1n) is 7.09. The molecule has 1 N–H and O–H groups in total. The van der Waals surface area contributed by atoms with Gasteiger partial charge in [0.1, 0.15) is 0 Å². The monoisotopic (exact) mass is 385 g/mol. The molecule has 0 aromatic heterocycles. The number of hydrogen-bond acceptors (Lipinski definition) is 3. The number of halogens is 3. The summed E-state index contributed by atoms with van der Waals surface area (Å²) in [6.07, 6.45) is 0.625. The van der Waals surface area contributed by atoms with Crippen LogP contribution in [0, 0.1) is 0 Å². The van der Waals surface area contributed by atoms with Crippen molar-refractivity contribution in [2.24, 2.45) is 0 Å². The van der Waals surface area contributed by atoms with Crippen LogP contribution in [-0.4, -0.2) is 25.0 Å². The zero-order chi connectivity index (χ0) is 17.5. The fourth-order valence-corrected chi connectivity index (χ4v) is 2.53. The van der Waals surface area contributed by atoms with Crippen molar-refractivity contribution in [3.63, 3.8) is 0 Å². The number of hydrogen-bond donors (Lipinski definition) is 1. The van der Waals surface area contributed by atoms with Crippen molar-refractivity contribution in [3.8, 4) is 0 Å². The topological polar surface area (TPSA) is 55.4 Å². The van der Waals surface area contributed by atoms with E-state index >= 15 is 0 Å². The van der Waals surface area contributed by atoms with Gasteiger partial charge < -0.3 is 10.1 Å². The summed E-state index contributed by atoms with van der Waals surface area (Å²) in [6.45, 7) is 0.0197. The molecule has 0 bridgehead atoms. The number of carbonyl (C=O) groups excluding carboxylic acids is 2. The first kappa shape index (κ1) is 18.6. The fourth-order valence-electron chi connectivity index (χ4n) is 1.95. The normalized spacial score (nSPS) is 10.3. The van der Waals surface area contributed by atoms with Crippen LogP contribution in [0.2, 0.25) is 15.1 Å². The Kier molecular flexibility index (Phi) is 6.91. The van der Waals surface area contributed by atoms with Crippen molar-refractivity contribution in [2.75, 3.05) is 13.2 Å². The van der Waals surface area contributed by atoms with E-state index in [2.05, 4.69) is 5.32 Å². The summed E-state index contributed by atoms with van der Waals surface area (Å²) in [7, 11) is 0. The van der Waals surface area contributed by atoms with E-state index in [0.717, 1.165) is 5.56 Å². The smallest absolute Gasteiger partial charge is 0.340 e. The van der Waals surface area contributed by atoms with Gasteiger partial charge in [0.2, 0.25) is 0 Å². The number of amides is 1. The van der Waals surface area contributed by atoms with Crippen LogP contribution in [0.3, 0.4) is 0 Å². The Labute approximate surface area is 154 Å². The molecule has 0 aliphatic carbocycles. The van der Waals surface area contributed by atoms with Crippen LogP contribution in [-0.2, 0) is 16.0 Å². The van der Waals surface area contributed by atoms with Crippen LogP contribution in [0.5, 0.6) is 0 Å². The van der Waals surface area contributed by atoms with E-state index in [-0.39, 0.29) is 10.6 Å². The summed E-state index contributed by atoms with van der Waals surface area (Å²) < 4.78 is 4.93.